The number of anilines is 3. The highest BCUT2D eigenvalue weighted by atomic mass is 16.5. The molecule has 1 fully saturated rings. The number of nitrogens with zero attached hydrogens (tertiary/aromatic N) is 3. The molecule has 0 saturated heterocycles. The second-order valence-electron chi connectivity index (χ2n) is 7.94. The van der Waals surface area contributed by atoms with Gasteiger partial charge in [-0.2, -0.15) is 4.98 Å². The molecule has 1 aliphatic rings. The number of carbonyl (C=O) groups is 1. The van der Waals surface area contributed by atoms with Crippen molar-refractivity contribution in [1.29, 1.82) is 0 Å². The van der Waals surface area contributed by atoms with Crippen molar-refractivity contribution in [2.45, 2.75) is 12.8 Å². The fourth-order valence-electron chi connectivity index (χ4n) is 3.68. The molecule has 34 heavy (non-hydrogen) atoms. The second kappa shape index (κ2) is 8.71. The molecular weight excluding hydrogens is 430 g/mol. The summed E-state index contributed by atoms with van der Waals surface area (Å²) in [5.74, 6) is 3.58. The van der Waals surface area contributed by atoms with E-state index in [0.29, 0.717) is 39.4 Å². The molecule has 8 heteroatoms. The van der Waals surface area contributed by atoms with E-state index in [4.69, 9.17) is 11.2 Å². The van der Waals surface area contributed by atoms with Crippen molar-refractivity contribution in [3.63, 3.8) is 0 Å². The van der Waals surface area contributed by atoms with Gasteiger partial charge in [-0.1, -0.05) is 18.1 Å². The Morgan fingerprint density at radius 2 is 1.94 bits per heavy atom. The quantitative estimate of drug-likeness (QED) is 0.432. The zero-order valence-electron chi connectivity index (χ0n) is 18.4. The molecule has 1 amide bonds. The van der Waals surface area contributed by atoms with Gasteiger partial charge in [-0.05, 0) is 49.2 Å². The molecule has 1 aliphatic carbocycles. The lowest BCUT2D eigenvalue weighted by atomic mass is 10.1. The van der Waals surface area contributed by atoms with E-state index in [-0.39, 0.29) is 23.3 Å². The maximum atomic E-state index is 13.0. The van der Waals surface area contributed by atoms with Crippen molar-refractivity contribution in [2.24, 2.45) is 5.92 Å². The topological polar surface area (TPSA) is 98.1 Å². The third-order valence-corrected chi connectivity index (χ3v) is 5.61. The first-order valence-corrected chi connectivity index (χ1v) is 10.8. The van der Waals surface area contributed by atoms with Gasteiger partial charge in [0.1, 0.15) is 5.75 Å². The lowest BCUT2D eigenvalue weighted by Crippen LogP contribution is -2.20. The number of pyridine rings is 1. The van der Waals surface area contributed by atoms with Crippen molar-refractivity contribution in [3.8, 4) is 23.8 Å². The van der Waals surface area contributed by atoms with Crippen LogP contribution in [0.1, 0.15) is 18.4 Å². The van der Waals surface area contributed by atoms with Crippen LogP contribution in [-0.4, -0.2) is 27.6 Å². The number of hydrogen-bond donors (Lipinski definition) is 2. The molecule has 5 rings (SSSR count). The normalized spacial score (nSPS) is 12.7. The third kappa shape index (κ3) is 4.07. The average molecular weight is 451 g/mol. The molecule has 0 atom stereocenters. The van der Waals surface area contributed by atoms with Crippen molar-refractivity contribution in [3.05, 3.63) is 76.7 Å². The Morgan fingerprint density at radius 1 is 1.18 bits per heavy atom. The first kappa shape index (κ1) is 21.2. The molecule has 0 aliphatic heterocycles. The average Bonchev–Trinajstić information content (AvgIpc) is 3.70. The van der Waals surface area contributed by atoms with Crippen molar-refractivity contribution < 1.29 is 9.53 Å². The fourth-order valence-corrected chi connectivity index (χ4v) is 3.68. The van der Waals surface area contributed by atoms with E-state index < -0.39 is 0 Å². The van der Waals surface area contributed by atoms with E-state index >= 15 is 0 Å². The number of nitrogens with one attached hydrogen (secondary N) is 2. The molecule has 0 bridgehead atoms. The summed E-state index contributed by atoms with van der Waals surface area (Å²) in [6.07, 6.45) is 9.09. The van der Waals surface area contributed by atoms with E-state index in [1.165, 1.54) is 10.6 Å². The van der Waals surface area contributed by atoms with E-state index in [2.05, 4.69) is 26.5 Å². The van der Waals surface area contributed by atoms with Gasteiger partial charge in [0.2, 0.25) is 11.9 Å². The summed E-state index contributed by atoms with van der Waals surface area (Å²) >= 11 is 0. The van der Waals surface area contributed by atoms with Crippen LogP contribution in [0.5, 0.6) is 5.75 Å². The highest BCUT2D eigenvalue weighted by Gasteiger charge is 2.29. The van der Waals surface area contributed by atoms with Crippen molar-refractivity contribution in [1.82, 2.24) is 14.5 Å². The standard InChI is InChI=1S/C26H21N5O3/c1-3-16-14-23(32)31(19-12-10-18(11-13-19)28-25(33)17-8-9-17)24-20(16)15-27-26(30-24)29-21-6-4-5-7-22(21)34-2/h1,4-7,10-15,17H,8-9H2,2H3,(H,28,33)(H,27,29,30). The number of rotatable bonds is 6. The Bertz CT molecular complexity index is 1500. The van der Waals surface area contributed by atoms with Gasteiger partial charge in [0.25, 0.3) is 5.56 Å². The van der Waals surface area contributed by atoms with Crippen LogP contribution in [0.3, 0.4) is 0 Å². The first-order valence-electron chi connectivity index (χ1n) is 10.8. The van der Waals surface area contributed by atoms with Gasteiger partial charge in [0.05, 0.1) is 23.9 Å². The van der Waals surface area contributed by atoms with E-state index in [0.717, 1.165) is 12.8 Å². The number of terminal acetylenes is 1. The molecule has 2 N–H and O–H groups in total. The van der Waals surface area contributed by atoms with Gasteiger partial charge in [-0.15, -0.1) is 6.42 Å². The van der Waals surface area contributed by atoms with Crippen LogP contribution in [0.2, 0.25) is 0 Å². The number of carbonyl (C=O) groups excluding carboxylic acids is 1. The van der Waals surface area contributed by atoms with Gasteiger partial charge in [-0.3, -0.25) is 14.2 Å². The fraction of sp³-hybridized carbons (Fsp3) is 0.154. The molecule has 1 saturated carbocycles. The van der Waals surface area contributed by atoms with E-state index in [1.807, 2.05) is 24.3 Å². The van der Waals surface area contributed by atoms with Crippen LogP contribution in [0.4, 0.5) is 17.3 Å². The van der Waals surface area contributed by atoms with Crippen molar-refractivity contribution in [2.75, 3.05) is 17.7 Å². The van der Waals surface area contributed by atoms with Gasteiger partial charge in [-0.25, -0.2) is 4.98 Å². The second-order valence-corrected chi connectivity index (χ2v) is 7.94. The monoisotopic (exact) mass is 451 g/mol. The van der Waals surface area contributed by atoms with Gasteiger partial charge in [0, 0.05) is 29.4 Å². The molecule has 2 heterocycles. The largest absolute Gasteiger partial charge is 0.495 e. The molecule has 4 aromatic rings. The summed E-state index contributed by atoms with van der Waals surface area (Å²) < 4.78 is 6.85. The minimum absolute atomic E-state index is 0.0218. The molecular formula is C26H21N5O3. The number of amides is 1. The lowest BCUT2D eigenvalue weighted by Gasteiger charge is -2.14. The number of hydrogen-bond acceptors (Lipinski definition) is 6. The zero-order chi connectivity index (χ0) is 23.7. The maximum absolute atomic E-state index is 13.0. The minimum atomic E-state index is -0.322. The molecule has 2 aromatic carbocycles. The van der Waals surface area contributed by atoms with E-state index in [9.17, 15) is 9.59 Å². The third-order valence-electron chi connectivity index (χ3n) is 5.61. The predicted molar refractivity (Wildman–Crippen MR) is 131 cm³/mol. The lowest BCUT2D eigenvalue weighted by molar-refractivity contribution is -0.117. The van der Waals surface area contributed by atoms with Gasteiger partial charge < -0.3 is 15.4 Å². The Kier molecular flexibility index (Phi) is 5.44. The Labute approximate surface area is 195 Å². The molecule has 8 nitrogen and oxygen atoms in total. The summed E-state index contributed by atoms with van der Waals surface area (Å²) in [4.78, 5) is 34.1. The Morgan fingerprint density at radius 3 is 2.65 bits per heavy atom. The molecule has 2 aromatic heterocycles. The van der Waals surface area contributed by atoms with Crippen LogP contribution < -0.4 is 20.9 Å². The van der Waals surface area contributed by atoms with Crippen LogP contribution in [0.15, 0.2) is 65.6 Å². The number of fused-ring (bicyclic) bond motifs is 1. The van der Waals surface area contributed by atoms with E-state index in [1.54, 1.807) is 37.6 Å². The SMILES string of the molecule is C#Cc1cc(=O)n(-c2ccc(NC(=O)C3CC3)cc2)c2nc(Nc3ccccc3OC)ncc12. The predicted octanol–water partition coefficient (Wildman–Crippen LogP) is 3.86. The summed E-state index contributed by atoms with van der Waals surface area (Å²) in [6, 6.07) is 15.8. The zero-order valence-corrected chi connectivity index (χ0v) is 18.4. The Balaban J connectivity index is 1.57. The van der Waals surface area contributed by atoms with Gasteiger partial charge in [0.15, 0.2) is 5.65 Å². The Hall–Kier alpha value is -4.64. The highest BCUT2D eigenvalue weighted by molar-refractivity contribution is 5.94. The number of ether oxygens (including phenoxy) is 1. The number of benzene rings is 2. The van der Waals surface area contributed by atoms with Crippen LogP contribution >= 0.6 is 0 Å². The number of aromatic nitrogens is 3. The smallest absolute Gasteiger partial charge is 0.258 e. The summed E-state index contributed by atoms with van der Waals surface area (Å²) in [7, 11) is 1.58. The highest BCUT2D eigenvalue weighted by Crippen LogP contribution is 2.30. The van der Waals surface area contributed by atoms with Crippen LogP contribution in [0.25, 0.3) is 16.7 Å². The minimum Gasteiger partial charge on any atom is -0.495 e. The molecule has 0 unspecified atom stereocenters. The number of para-hydroxylation sites is 2. The summed E-state index contributed by atoms with van der Waals surface area (Å²) in [6.45, 7) is 0. The van der Waals surface area contributed by atoms with Crippen LogP contribution in [-0.2, 0) is 4.79 Å². The summed E-state index contributed by atoms with van der Waals surface area (Å²) in [5, 5.41) is 6.60. The number of methoxy groups -OCH3 is 1. The maximum Gasteiger partial charge on any atom is 0.258 e. The molecule has 0 spiro atoms. The van der Waals surface area contributed by atoms with Gasteiger partial charge >= 0.3 is 0 Å². The van der Waals surface area contributed by atoms with Crippen molar-refractivity contribution >= 4 is 34.3 Å². The first-order chi connectivity index (χ1) is 16.6. The molecule has 0 radical (unpaired) electrons. The summed E-state index contributed by atoms with van der Waals surface area (Å²) in [5.41, 5.74) is 2.40. The molecule has 168 valence electrons. The van der Waals surface area contributed by atoms with Crippen LogP contribution in [0, 0.1) is 18.3 Å².